The van der Waals surface area contributed by atoms with E-state index in [1.54, 1.807) is 0 Å². The number of likely N-dealkylation sites (N-methyl/N-ethyl adjacent to an activating group) is 1. The van der Waals surface area contributed by atoms with Gasteiger partial charge in [-0.25, -0.2) is 4.79 Å². The Morgan fingerprint density at radius 3 is 2.46 bits per heavy atom. The fourth-order valence-electron chi connectivity index (χ4n) is 2.53. The first-order valence-electron chi connectivity index (χ1n) is 8.16. The molecular formula is C14H21N7O6S. The van der Waals surface area contributed by atoms with E-state index >= 15 is 0 Å². The molecule has 1 unspecified atom stereocenters. The van der Waals surface area contributed by atoms with E-state index in [1.165, 1.54) is 37.1 Å². The lowest BCUT2D eigenvalue weighted by Gasteiger charge is -2.24. The molecule has 1 aromatic rings. The second-order valence-corrected chi connectivity index (χ2v) is 7.35. The molecule has 1 fully saturated rings. The number of anilines is 1. The molecule has 1 saturated heterocycles. The quantitative estimate of drug-likeness (QED) is 0.618. The maximum Gasteiger partial charge on any atom is 0.367 e. The maximum atomic E-state index is 12.5. The van der Waals surface area contributed by atoms with Crippen LogP contribution in [0.15, 0.2) is 15.7 Å². The Hall–Kier alpha value is -2.87. The molecule has 1 aliphatic rings. The summed E-state index contributed by atoms with van der Waals surface area (Å²) in [4.78, 5) is 34.1. The predicted octanol–water partition coefficient (Wildman–Crippen LogP) is 0.275. The number of amides is 3. The Labute approximate surface area is 161 Å². The molecule has 2 rings (SSSR count). The molecule has 154 valence electrons. The van der Waals surface area contributed by atoms with E-state index in [-0.39, 0.29) is 36.7 Å². The van der Waals surface area contributed by atoms with Crippen LogP contribution >= 0.6 is 0 Å². The van der Waals surface area contributed by atoms with Gasteiger partial charge in [-0.2, -0.15) is 18.4 Å². The van der Waals surface area contributed by atoms with Crippen LogP contribution in [0.1, 0.15) is 13.3 Å². The maximum absolute atomic E-state index is 12.5. The third-order valence-corrected chi connectivity index (χ3v) is 5.10. The summed E-state index contributed by atoms with van der Waals surface area (Å²) in [5.41, 5.74) is -1.32. The van der Waals surface area contributed by atoms with Crippen molar-refractivity contribution in [3.8, 4) is 11.8 Å². The van der Waals surface area contributed by atoms with Gasteiger partial charge in [-0.3, -0.25) is 15.0 Å². The van der Waals surface area contributed by atoms with Crippen molar-refractivity contribution in [3.05, 3.63) is 6.07 Å². The van der Waals surface area contributed by atoms with Gasteiger partial charge in [-0.05, 0) is 13.5 Å². The highest BCUT2D eigenvalue weighted by atomic mass is 32.2. The summed E-state index contributed by atoms with van der Waals surface area (Å²) < 4.78 is 38.0. The highest BCUT2D eigenvalue weighted by Crippen LogP contribution is 2.22. The average Bonchev–Trinajstić information content (AvgIpc) is 2.94. The van der Waals surface area contributed by atoms with Gasteiger partial charge in [-0.1, -0.05) is 16.6 Å². The zero-order valence-electron chi connectivity index (χ0n) is 15.8. The van der Waals surface area contributed by atoms with E-state index in [0.29, 0.717) is 6.42 Å². The number of sulfonamides is 1. The van der Waals surface area contributed by atoms with Crippen LogP contribution in [0.4, 0.5) is 10.7 Å². The Bertz CT molecular complexity index is 853. The number of carbonyl (C=O) groups is 2. The summed E-state index contributed by atoms with van der Waals surface area (Å²) in [6.45, 7) is 1.99. The van der Waals surface area contributed by atoms with Crippen molar-refractivity contribution < 1.29 is 27.5 Å². The predicted molar refractivity (Wildman–Crippen MR) is 96.4 cm³/mol. The minimum atomic E-state index is -4.29. The standard InChI is InChI=1S/C14H21N7O6S/c1-5-6-21-11(22)8-20(2)14(21)28(24,25)19-18-13(23)17-12-15-9(26-3)7-10(16-12)27-4/h7,14H,5-6,8H2,1-4H3,(H,15,16,17,23). The SMILES string of the molecule is CCCN1C(=O)CN(C)C1S(=O)(=O)N=NC(=O)Nc1nc(OC)cc(OC)n1. The van der Waals surface area contributed by atoms with Crippen molar-refractivity contribution in [2.45, 2.75) is 18.8 Å². The molecule has 0 aromatic carbocycles. The van der Waals surface area contributed by atoms with Crippen LogP contribution in [0, 0.1) is 0 Å². The molecule has 0 saturated carbocycles. The third kappa shape index (κ3) is 4.89. The number of urea groups is 1. The Morgan fingerprint density at radius 1 is 1.32 bits per heavy atom. The number of nitrogens with one attached hydrogen (secondary N) is 1. The molecule has 0 spiro atoms. The minimum Gasteiger partial charge on any atom is -0.481 e. The first-order chi connectivity index (χ1) is 13.2. The van der Waals surface area contributed by atoms with Crippen molar-refractivity contribution in [2.75, 3.05) is 39.7 Å². The smallest absolute Gasteiger partial charge is 0.367 e. The highest BCUT2D eigenvalue weighted by molar-refractivity contribution is 7.90. The third-order valence-electron chi connectivity index (χ3n) is 3.64. The van der Waals surface area contributed by atoms with Crippen LogP contribution in [0.3, 0.4) is 0 Å². The summed E-state index contributed by atoms with van der Waals surface area (Å²) in [5, 5.41) is 5.33. The van der Waals surface area contributed by atoms with Crippen molar-refractivity contribution >= 4 is 27.9 Å². The number of aromatic nitrogens is 2. The number of hydrogen-bond acceptors (Lipinski definition) is 9. The van der Waals surface area contributed by atoms with E-state index in [9.17, 15) is 18.0 Å². The van der Waals surface area contributed by atoms with E-state index < -0.39 is 21.6 Å². The van der Waals surface area contributed by atoms with Gasteiger partial charge in [-0.15, -0.1) is 0 Å². The van der Waals surface area contributed by atoms with Gasteiger partial charge in [0.05, 0.1) is 26.8 Å². The first kappa shape index (κ1) is 21.4. The van der Waals surface area contributed by atoms with Gasteiger partial charge in [0.15, 0.2) is 0 Å². The Kier molecular flexibility index (Phi) is 6.80. The molecule has 13 nitrogen and oxygen atoms in total. The topological polar surface area (TPSA) is 156 Å². The molecule has 28 heavy (non-hydrogen) atoms. The normalized spacial score (nSPS) is 17.9. The van der Waals surface area contributed by atoms with E-state index in [1.807, 2.05) is 6.92 Å². The largest absolute Gasteiger partial charge is 0.481 e. The first-order valence-corrected chi connectivity index (χ1v) is 9.66. The molecule has 1 aliphatic heterocycles. The molecule has 1 N–H and O–H groups in total. The second-order valence-electron chi connectivity index (χ2n) is 5.73. The Balaban J connectivity index is 2.15. The van der Waals surface area contributed by atoms with Crippen LogP contribution in [-0.2, 0) is 14.8 Å². The molecule has 2 heterocycles. The van der Waals surface area contributed by atoms with Gasteiger partial charge in [0, 0.05) is 6.54 Å². The fourth-order valence-corrected chi connectivity index (χ4v) is 3.88. The molecule has 3 amide bonds. The lowest BCUT2D eigenvalue weighted by Crippen LogP contribution is -2.43. The van der Waals surface area contributed by atoms with Crippen molar-refractivity contribution in [1.29, 1.82) is 0 Å². The zero-order chi connectivity index (χ0) is 20.9. The molecular weight excluding hydrogens is 394 g/mol. The number of methoxy groups -OCH3 is 2. The lowest BCUT2D eigenvalue weighted by molar-refractivity contribution is -0.127. The molecule has 0 bridgehead atoms. The van der Waals surface area contributed by atoms with E-state index in [2.05, 4.69) is 24.9 Å². The number of hydrogen-bond donors (Lipinski definition) is 1. The summed E-state index contributed by atoms with van der Waals surface area (Å²) in [6.07, 6.45) is 0.568. The molecule has 0 aliphatic carbocycles. The summed E-state index contributed by atoms with van der Waals surface area (Å²) in [5.74, 6) is -0.311. The number of rotatable bonds is 7. The van der Waals surface area contributed by atoms with Gasteiger partial charge < -0.3 is 14.4 Å². The summed E-state index contributed by atoms with van der Waals surface area (Å²) >= 11 is 0. The fraction of sp³-hybridized carbons (Fsp3) is 0.571. The van der Waals surface area contributed by atoms with Crippen LogP contribution in [0.2, 0.25) is 0 Å². The van der Waals surface area contributed by atoms with Gasteiger partial charge in [0.25, 0.3) is 0 Å². The molecule has 14 heteroatoms. The molecule has 1 aromatic heterocycles. The Morgan fingerprint density at radius 2 is 1.93 bits per heavy atom. The summed E-state index contributed by atoms with van der Waals surface area (Å²) in [7, 11) is -0.0898. The summed E-state index contributed by atoms with van der Waals surface area (Å²) in [6, 6.07) is 0.268. The molecule has 1 atom stereocenters. The minimum absolute atomic E-state index is 0.0664. The highest BCUT2D eigenvalue weighted by Gasteiger charge is 2.44. The van der Waals surface area contributed by atoms with Gasteiger partial charge in [0.2, 0.25) is 29.1 Å². The van der Waals surface area contributed by atoms with Crippen molar-refractivity contribution in [3.63, 3.8) is 0 Å². The monoisotopic (exact) mass is 415 g/mol. The lowest BCUT2D eigenvalue weighted by atomic mass is 10.4. The number of ether oxygens (including phenoxy) is 2. The molecule has 0 radical (unpaired) electrons. The second kappa shape index (κ2) is 8.88. The van der Waals surface area contributed by atoms with Crippen LogP contribution < -0.4 is 14.8 Å². The van der Waals surface area contributed by atoms with Crippen molar-refractivity contribution in [1.82, 2.24) is 19.8 Å². The number of carbonyl (C=O) groups excluding carboxylic acids is 2. The van der Waals surface area contributed by atoms with E-state index in [4.69, 9.17) is 9.47 Å². The zero-order valence-corrected chi connectivity index (χ0v) is 16.6. The van der Waals surface area contributed by atoms with Crippen LogP contribution in [-0.4, -0.2) is 80.0 Å². The van der Waals surface area contributed by atoms with E-state index in [0.717, 1.165) is 0 Å². The van der Waals surface area contributed by atoms with Crippen LogP contribution in [0.5, 0.6) is 11.8 Å². The van der Waals surface area contributed by atoms with Gasteiger partial charge >= 0.3 is 16.1 Å². The van der Waals surface area contributed by atoms with Crippen molar-refractivity contribution in [2.24, 2.45) is 9.63 Å². The van der Waals surface area contributed by atoms with Crippen LogP contribution in [0.25, 0.3) is 0 Å². The van der Waals surface area contributed by atoms with Gasteiger partial charge in [0.1, 0.15) is 0 Å². The number of nitrogens with zero attached hydrogens (tertiary/aromatic N) is 6. The average molecular weight is 415 g/mol.